The van der Waals surface area contributed by atoms with Crippen molar-refractivity contribution in [2.45, 2.75) is 13.5 Å². The number of nitrogens with zero attached hydrogens (tertiary/aromatic N) is 3. The number of hydrogen-bond acceptors (Lipinski definition) is 5. The largest absolute Gasteiger partial charge is 0.492 e. The van der Waals surface area contributed by atoms with Crippen LogP contribution in [0.5, 0.6) is 5.75 Å². The van der Waals surface area contributed by atoms with E-state index >= 15 is 0 Å². The van der Waals surface area contributed by atoms with Gasteiger partial charge in [-0.15, -0.1) is 24.0 Å². The van der Waals surface area contributed by atoms with Crippen molar-refractivity contribution in [2.24, 2.45) is 4.99 Å². The van der Waals surface area contributed by atoms with E-state index in [2.05, 4.69) is 39.5 Å². The van der Waals surface area contributed by atoms with Crippen LogP contribution in [0.25, 0.3) is 0 Å². The molecular formula is C20H36IN5O2. The summed E-state index contributed by atoms with van der Waals surface area (Å²) in [6.07, 6.45) is 0. The van der Waals surface area contributed by atoms with E-state index in [4.69, 9.17) is 14.5 Å². The lowest BCUT2D eigenvalue weighted by Crippen LogP contribution is -2.44. The molecule has 0 bridgehead atoms. The molecule has 1 aliphatic rings. The summed E-state index contributed by atoms with van der Waals surface area (Å²) < 4.78 is 11.2. The molecule has 0 spiro atoms. The molecule has 1 saturated heterocycles. The number of ether oxygens (including phenoxy) is 2. The van der Waals surface area contributed by atoms with Crippen LogP contribution in [0.15, 0.2) is 29.3 Å². The second-order valence-electron chi connectivity index (χ2n) is 6.88. The van der Waals surface area contributed by atoms with Crippen LogP contribution in [-0.4, -0.2) is 88.9 Å². The number of benzene rings is 1. The van der Waals surface area contributed by atoms with Crippen molar-refractivity contribution in [1.82, 2.24) is 20.4 Å². The lowest BCUT2D eigenvalue weighted by atomic mass is 10.2. The Morgan fingerprint density at radius 3 is 2.75 bits per heavy atom. The number of morpholine rings is 1. The fraction of sp³-hybridized carbons (Fsp3) is 0.650. The smallest absolute Gasteiger partial charge is 0.191 e. The highest BCUT2D eigenvalue weighted by molar-refractivity contribution is 14.0. The maximum Gasteiger partial charge on any atom is 0.191 e. The third-order valence-corrected chi connectivity index (χ3v) is 4.29. The molecule has 1 aromatic rings. The van der Waals surface area contributed by atoms with Crippen LogP contribution < -0.4 is 15.4 Å². The topological polar surface area (TPSA) is 61.4 Å². The molecule has 1 heterocycles. The predicted octanol–water partition coefficient (Wildman–Crippen LogP) is 1.63. The fourth-order valence-electron chi connectivity index (χ4n) is 2.75. The first-order valence-electron chi connectivity index (χ1n) is 9.86. The number of aliphatic imine (C=N–C) groups is 1. The number of likely N-dealkylation sites (N-methyl/N-ethyl adjacent to an activating group) is 1. The van der Waals surface area contributed by atoms with Gasteiger partial charge in [0.05, 0.1) is 19.8 Å². The standard InChI is InChI=1S/C20H35N5O2.HI/c1-4-21-20(22-8-9-25-11-13-26-14-12-25)23-17-18-6-5-7-19(16-18)27-15-10-24(2)3;/h5-7,16H,4,8-15,17H2,1-3H3,(H2,21,22,23);1H. The molecule has 2 rings (SSSR count). The predicted molar refractivity (Wildman–Crippen MR) is 126 cm³/mol. The summed E-state index contributed by atoms with van der Waals surface area (Å²) in [4.78, 5) is 9.23. The quantitative estimate of drug-likeness (QED) is 0.287. The highest BCUT2D eigenvalue weighted by atomic mass is 127. The summed E-state index contributed by atoms with van der Waals surface area (Å²) in [5.41, 5.74) is 1.14. The monoisotopic (exact) mass is 505 g/mol. The third-order valence-electron chi connectivity index (χ3n) is 4.29. The van der Waals surface area contributed by atoms with Gasteiger partial charge < -0.3 is 25.0 Å². The van der Waals surface area contributed by atoms with E-state index in [0.29, 0.717) is 13.2 Å². The van der Waals surface area contributed by atoms with E-state index in [9.17, 15) is 0 Å². The summed E-state index contributed by atoms with van der Waals surface area (Å²) in [6.45, 7) is 10.7. The number of hydrogen-bond donors (Lipinski definition) is 2. The first-order valence-corrected chi connectivity index (χ1v) is 9.86. The van der Waals surface area contributed by atoms with Gasteiger partial charge in [0.25, 0.3) is 0 Å². The molecule has 0 amide bonds. The van der Waals surface area contributed by atoms with Crippen molar-refractivity contribution < 1.29 is 9.47 Å². The van der Waals surface area contributed by atoms with Crippen molar-refractivity contribution in [3.05, 3.63) is 29.8 Å². The highest BCUT2D eigenvalue weighted by Crippen LogP contribution is 2.14. The Morgan fingerprint density at radius 2 is 2.04 bits per heavy atom. The molecule has 1 fully saturated rings. The van der Waals surface area contributed by atoms with Gasteiger partial charge in [-0.2, -0.15) is 0 Å². The molecule has 0 atom stereocenters. The number of rotatable bonds is 10. The summed E-state index contributed by atoms with van der Waals surface area (Å²) in [5.74, 6) is 1.75. The molecule has 7 nitrogen and oxygen atoms in total. The van der Waals surface area contributed by atoms with Crippen LogP contribution in [0, 0.1) is 0 Å². The Morgan fingerprint density at radius 1 is 1.25 bits per heavy atom. The molecular weight excluding hydrogens is 469 g/mol. The number of guanidine groups is 1. The van der Waals surface area contributed by atoms with Crippen LogP contribution in [0.1, 0.15) is 12.5 Å². The van der Waals surface area contributed by atoms with Gasteiger partial charge in [-0.25, -0.2) is 4.99 Å². The highest BCUT2D eigenvalue weighted by Gasteiger charge is 2.09. The summed E-state index contributed by atoms with van der Waals surface area (Å²) >= 11 is 0. The van der Waals surface area contributed by atoms with Crippen molar-refractivity contribution in [3.63, 3.8) is 0 Å². The van der Waals surface area contributed by atoms with E-state index in [-0.39, 0.29) is 24.0 Å². The van der Waals surface area contributed by atoms with Gasteiger partial charge in [0, 0.05) is 39.3 Å². The molecule has 0 saturated carbocycles. The van der Waals surface area contributed by atoms with Gasteiger partial charge in [-0.05, 0) is 38.7 Å². The van der Waals surface area contributed by atoms with E-state index in [1.807, 2.05) is 26.2 Å². The molecule has 160 valence electrons. The van der Waals surface area contributed by atoms with Gasteiger partial charge in [0.2, 0.25) is 0 Å². The average molecular weight is 505 g/mol. The van der Waals surface area contributed by atoms with E-state index < -0.39 is 0 Å². The second-order valence-corrected chi connectivity index (χ2v) is 6.88. The van der Waals surface area contributed by atoms with Crippen molar-refractivity contribution in [3.8, 4) is 5.75 Å². The SMILES string of the molecule is CCNC(=NCc1cccc(OCCN(C)C)c1)NCCN1CCOCC1.I. The van der Waals surface area contributed by atoms with E-state index in [0.717, 1.165) is 69.8 Å². The van der Waals surface area contributed by atoms with Crippen LogP contribution in [0.4, 0.5) is 0 Å². The zero-order valence-electron chi connectivity index (χ0n) is 17.4. The lowest BCUT2D eigenvalue weighted by molar-refractivity contribution is 0.0389. The maximum atomic E-state index is 5.81. The molecule has 0 aromatic heterocycles. The van der Waals surface area contributed by atoms with Crippen molar-refractivity contribution in [2.75, 3.05) is 73.2 Å². The van der Waals surface area contributed by atoms with E-state index in [1.165, 1.54) is 0 Å². The number of halogens is 1. The van der Waals surface area contributed by atoms with E-state index in [1.54, 1.807) is 0 Å². The Bertz CT molecular complexity index is 565. The molecule has 2 N–H and O–H groups in total. The van der Waals surface area contributed by atoms with Gasteiger partial charge >= 0.3 is 0 Å². The molecule has 8 heteroatoms. The summed E-state index contributed by atoms with van der Waals surface area (Å²) in [6, 6.07) is 8.17. The average Bonchev–Trinajstić information content (AvgIpc) is 2.67. The zero-order chi connectivity index (χ0) is 19.3. The van der Waals surface area contributed by atoms with Crippen LogP contribution >= 0.6 is 24.0 Å². The maximum absolute atomic E-state index is 5.81. The fourth-order valence-corrected chi connectivity index (χ4v) is 2.75. The molecule has 0 aliphatic carbocycles. The second kappa shape index (κ2) is 14.8. The Hall–Kier alpha value is -1.10. The summed E-state index contributed by atoms with van der Waals surface area (Å²) in [7, 11) is 4.09. The Kier molecular flexibility index (Phi) is 13.2. The molecule has 28 heavy (non-hydrogen) atoms. The van der Waals surface area contributed by atoms with Crippen LogP contribution in [0.2, 0.25) is 0 Å². The van der Waals surface area contributed by atoms with Gasteiger partial charge in [-0.1, -0.05) is 12.1 Å². The molecule has 1 aliphatic heterocycles. The summed E-state index contributed by atoms with van der Waals surface area (Å²) in [5, 5.41) is 6.73. The normalized spacial score (nSPS) is 15.2. The van der Waals surface area contributed by atoms with Gasteiger partial charge in [0.1, 0.15) is 12.4 Å². The number of nitrogens with one attached hydrogen (secondary N) is 2. The zero-order valence-corrected chi connectivity index (χ0v) is 19.8. The van der Waals surface area contributed by atoms with Gasteiger partial charge in [0.15, 0.2) is 5.96 Å². The van der Waals surface area contributed by atoms with Crippen LogP contribution in [-0.2, 0) is 11.3 Å². The third kappa shape index (κ3) is 10.4. The first kappa shape index (κ1) is 24.9. The molecule has 0 unspecified atom stereocenters. The van der Waals surface area contributed by atoms with Crippen molar-refractivity contribution >= 4 is 29.9 Å². The van der Waals surface area contributed by atoms with Gasteiger partial charge in [-0.3, -0.25) is 4.90 Å². The Balaban J connectivity index is 0.00000392. The lowest BCUT2D eigenvalue weighted by Gasteiger charge is -2.26. The van der Waals surface area contributed by atoms with Crippen molar-refractivity contribution in [1.29, 1.82) is 0 Å². The minimum absolute atomic E-state index is 0. The molecule has 1 aromatic carbocycles. The first-order chi connectivity index (χ1) is 13.2. The molecule has 0 radical (unpaired) electrons. The van der Waals surface area contributed by atoms with Crippen LogP contribution in [0.3, 0.4) is 0 Å². The Labute approximate surface area is 186 Å². The minimum Gasteiger partial charge on any atom is -0.492 e. The minimum atomic E-state index is 0.